The molecule has 0 spiro atoms. The number of amides is 6. The molecule has 7 rings (SSSR count). The van der Waals surface area contributed by atoms with E-state index in [1.54, 1.807) is 66.3 Å². The summed E-state index contributed by atoms with van der Waals surface area (Å²) in [6, 6.07) is 12.1. The van der Waals surface area contributed by atoms with Crippen molar-refractivity contribution in [2.45, 2.75) is 44.9 Å². The summed E-state index contributed by atoms with van der Waals surface area (Å²) in [6.07, 6.45) is 5.02. The second-order valence-corrected chi connectivity index (χ2v) is 15.2. The fourth-order valence-electron chi connectivity index (χ4n) is 7.42. The van der Waals surface area contributed by atoms with E-state index in [4.69, 9.17) is 23.7 Å². The van der Waals surface area contributed by atoms with Gasteiger partial charge in [0.15, 0.2) is 23.0 Å². The number of hydrogen-bond donors (Lipinski definition) is 4. The predicted octanol–water partition coefficient (Wildman–Crippen LogP) is 2.73. The molecule has 1 atom stereocenters. The number of nitrogens with one attached hydrogen (secondary N) is 3. The number of nitrogens with zero attached hydrogens (tertiary/aromatic N) is 4. The van der Waals surface area contributed by atoms with Crippen molar-refractivity contribution in [1.82, 2.24) is 30.0 Å². The number of carbonyl (C=O) groups is 6. The van der Waals surface area contributed by atoms with E-state index in [1.807, 2.05) is 0 Å². The second kappa shape index (κ2) is 20.2. The molecule has 0 saturated heterocycles. The van der Waals surface area contributed by atoms with Crippen LogP contribution < -0.4 is 40.5 Å². The summed E-state index contributed by atoms with van der Waals surface area (Å²) < 4.78 is 29.4. The number of ether oxygens (including phenoxy) is 5. The maximum Gasteiger partial charge on any atom is 0.409 e. The van der Waals surface area contributed by atoms with Gasteiger partial charge in [-0.15, -0.1) is 0 Å². The molecule has 0 fully saturated rings. The predicted molar refractivity (Wildman–Crippen MR) is 234 cm³/mol. The third kappa shape index (κ3) is 10.2. The lowest BCUT2D eigenvalue weighted by atomic mass is 10.0. The summed E-state index contributed by atoms with van der Waals surface area (Å²) in [5.41, 5.74) is 1.87. The van der Waals surface area contributed by atoms with Crippen molar-refractivity contribution in [3.8, 4) is 23.0 Å². The van der Waals surface area contributed by atoms with Crippen molar-refractivity contribution >= 4 is 73.9 Å². The zero-order chi connectivity index (χ0) is 46.2. The minimum atomic E-state index is -1.27. The van der Waals surface area contributed by atoms with Crippen LogP contribution in [0.25, 0.3) is 32.6 Å². The first-order chi connectivity index (χ1) is 31.4. The number of benzene rings is 3. The lowest BCUT2D eigenvalue weighted by Crippen LogP contribution is -2.50. The summed E-state index contributed by atoms with van der Waals surface area (Å²) in [5.74, 6) is -0.654. The van der Waals surface area contributed by atoms with Crippen molar-refractivity contribution in [3.63, 3.8) is 0 Å². The fourth-order valence-corrected chi connectivity index (χ4v) is 7.42. The summed E-state index contributed by atoms with van der Waals surface area (Å²) in [5, 5.41) is 19.5. The molecule has 20 heteroatoms. The molecule has 4 heterocycles. The van der Waals surface area contributed by atoms with Crippen LogP contribution in [0.3, 0.4) is 0 Å². The van der Waals surface area contributed by atoms with Crippen LogP contribution in [0.2, 0.25) is 0 Å². The van der Waals surface area contributed by atoms with Gasteiger partial charge in [-0.05, 0) is 48.7 Å². The van der Waals surface area contributed by atoms with Gasteiger partial charge >= 0.3 is 6.09 Å². The van der Waals surface area contributed by atoms with Crippen molar-refractivity contribution in [2.75, 3.05) is 59.6 Å². The average molecular weight is 894 g/mol. The summed E-state index contributed by atoms with van der Waals surface area (Å²) in [6.45, 7) is -0.729. The zero-order valence-electron chi connectivity index (χ0n) is 35.8. The zero-order valence-corrected chi connectivity index (χ0v) is 35.8. The van der Waals surface area contributed by atoms with Crippen molar-refractivity contribution in [3.05, 3.63) is 82.8 Å². The number of fused-ring (bicyclic) bond motifs is 6. The van der Waals surface area contributed by atoms with Gasteiger partial charge in [0.2, 0.25) is 24.5 Å². The van der Waals surface area contributed by atoms with E-state index >= 15 is 0 Å². The number of rotatable bonds is 19. The van der Waals surface area contributed by atoms with Crippen molar-refractivity contribution < 1.29 is 57.6 Å². The van der Waals surface area contributed by atoms with E-state index in [0.29, 0.717) is 86.1 Å². The number of unbranched alkanes of at least 4 members (excludes halogenated alkanes) is 2. The minimum absolute atomic E-state index is 0.0565. The Morgan fingerprint density at radius 3 is 2.23 bits per heavy atom. The smallest absolute Gasteiger partial charge is 0.409 e. The topological polar surface area (TPSA) is 246 Å². The molecule has 3 aromatic carbocycles. The lowest BCUT2D eigenvalue weighted by molar-refractivity contribution is -0.137. The molecule has 4 N–H and O–H groups in total. The Bertz CT molecular complexity index is 2750. The highest BCUT2D eigenvalue weighted by Gasteiger charge is 2.25. The van der Waals surface area contributed by atoms with Gasteiger partial charge in [-0.25, -0.2) is 4.79 Å². The van der Waals surface area contributed by atoms with E-state index in [1.165, 1.54) is 31.3 Å². The van der Waals surface area contributed by atoms with Gasteiger partial charge in [0.1, 0.15) is 12.6 Å². The van der Waals surface area contributed by atoms with Crippen LogP contribution in [-0.2, 0) is 41.9 Å². The SMILES string of the molecule is COc1cc2c(=O)n(CCN(C)C(=O)OCc3ccc(NC(=O)CNC(=O)C(CO)NC(=O)CCCCCN4C(=O)C=CC4=O)cc3)c3c4cc5c(cc4ncc3c2cc1OC)OCO5. The van der Waals surface area contributed by atoms with Gasteiger partial charge in [0.25, 0.3) is 17.4 Å². The molecule has 340 valence electrons. The van der Waals surface area contributed by atoms with Gasteiger partial charge in [-0.2, -0.15) is 0 Å². The van der Waals surface area contributed by atoms with Crippen LogP contribution in [0.15, 0.2) is 71.7 Å². The molecule has 2 aromatic heterocycles. The molecule has 0 aliphatic carbocycles. The van der Waals surface area contributed by atoms with Gasteiger partial charge in [-0.3, -0.25) is 38.7 Å². The molecule has 0 bridgehead atoms. The summed E-state index contributed by atoms with van der Waals surface area (Å²) in [7, 11) is 4.56. The first-order valence-corrected chi connectivity index (χ1v) is 20.7. The van der Waals surface area contributed by atoms with E-state index in [-0.39, 0.29) is 56.8 Å². The summed E-state index contributed by atoms with van der Waals surface area (Å²) in [4.78, 5) is 95.4. The van der Waals surface area contributed by atoms with Gasteiger partial charge in [0, 0.05) is 79.4 Å². The van der Waals surface area contributed by atoms with Crippen LogP contribution in [0, 0.1) is 0 Å². The number of imide groups is 1. The van der Waals surface area contributed by atoms with Crippen LogP contribution in [-0.4, -0.2) is 120 Å². The van der Waals surface area contributed by atoms with Gasteiger partial charge < -0.3 is 54.2 Å². The number of aliphatic hydroxyl groups excluding tert-OH is 1. The third-order valence-corrected chi connectivity index (χ3v) is 10.9. The van der Waals surface area contributed by atoms with Crippen molar-refractivity contribution in [2.24, 2.45) is 0 Å². The fraction of sp³-hybridized carbons (Fsp3) is 0.333. The number of carbonyl (C=O) groups excluding carboxylic acids is 6. The molecular formula is C45H47N7O13. The van der Waals surface area contributed by atoms with E-state index in [0.717, 1.165) is 4.90 Å². The average Bonchev–Trinajstić information content (AvgIpc) is 3.91. The first kappa shape index (κ1) is 45.3. The highest BCUT2D eigenvalue weighted by Crippen LogP contribution is 2.40. The Kier molecular flexibility index (Phi) is 14.1. The molecule has 2 aliphatic rings. The van der Waals surface area contributed by atoms with Crippen molar-refractivity contribution in [1.29, 1.82) is 0 Å². The van der Waals surface area contributed by atoms with E-state index < -0.39 is 43.0 Å². The van der Waals surface area contributed by atoms with Crippen LogP contribution in [0.4, 0.5) is 10.5 Å². The van der Waals surface area contributed by atoms with Crippen LogP contribution in [0.5, 0.6) is 23.0 Å². The number of anilines is 1. The molecule has 0 saturated carbocycles. The molecule has 20 nitrogen and oxygen atoms in total. The molecule has 65 heavy (non-hydrogen) atoms. The normalized spacial score (nSPS) is 13.3. The highest BCUT2D eigenvalue weighted by atomic mass is 16.7. The molecule has 0 radical (unpaired) electrons. The molecule has 1 unspecified atom stereocenters. The van der Waals surface area contributed by atoms with E-state index in [9.17, 15) is 38.7 Å². The Morgan fingerprint density at radius 2 is 1.54 bits per heavy atom. The van der Waals surface area contributed by atoms with Gasteiger partial charge in [0.05, 0.1) is 43.8 Å². The maximum atomic E-state index is 14.3. The minimum Gasteiger partial charge on any atom is -0.493 e. The third-order valence-electron chi connectivity index (χ3n) is 10.9. The standard InChI is InChI=1S/C45H47N7O13/c1-50(15-16-52-42-30-19-36-37(65-25-64-36)20-32(30)46-21-31(42)28-17-34(61-2)35(62-3)18-29(28)44(52)59)45(60)63-24-26-8-10-27(11-9-26)48-39(55)22-47-43(58)33(23-53)49-38(54)7-5-4-6-14-51-40(56)12-13-41(51)57/h8-13,17-21,33,53H,4-7,14-16,22-25H2,1-3H3,(H,47,58)(H,48,55)(H,49,54). The highest BCUT2D eigenvalue weighted by molar-refractivity contribution is 6.15. The number of pyridine rings is 2. The second-order valence-electron chi connectivity index (χ2n) is 15.2. The number of likely N-dealkylation sites (N-methyl/N-ethyl adjacent to an activating group) is 1. The number of aliphatic hydroxyl groups is 1. The Labute approximate surface area is 371 Å². The Balaban J connectivity index is 0.894. The van der Waals surface area contributed by atoms with Crippen LogP contribution >= 0.6 is 0 Å². The molecule has 6 amide bonds. The molecule has 5 aromatic rings. The number of methoxy groups -OCH3 is 2. The largest absolute Gasteiger partial charge is 0.493 e. The quantitative estimate of drug-likeness (QED) is 0.0529. The van der Waals surface area contributed by atoms with Crippen LogP contribution in [0.1, 0.15) is 31.2 Å². The Hall–Kier alpha value is -7.74. The molecular weight excluding hydrogens is 847 g/mol. The molecule has 2 aliphatic heterocycles. The first-order valence-electron chi connectivity index (χ1n) is 20.7. The lowest BCUT2D eigenvalue weighted by Gasteiger charge is -2.20. The van der Waals surface area contributed by atoms with Gasteiger partial charge in [-0.1, -0.05) is 18.6 Å². The number of aromatic nitrogens is 2. The monoisotopic (exact) mass is 893 g/mol. The Morgan fingerprint density at radius 1 is 0.846 bits per heavy atom. The maximum absolute atomic E-state index is 14.3. The number of hydrogen-bond acceptors (Lipinski definition) is 14. The van der Waals surface area contributed by atoms with E-state index in [2.05, 4.69) is 20.9 Å². The summed E-state index contributed by atoms with van der Waals surface area (Å²) >= 11 is 0.